The van der Waals surface area contributed by atoms with Gasteiger partial charge in [0.05, 0.1) is 5.41 Å². The first-order chi connectivity index (χ1) is 10.9. The lowest BCUT2D eigenvalue weighted by Crippen LogP contribution is -2.37. The minimum absolute atomic E-state index is 0.0777. The maximum Gasteiger partial charge on any atom is 0.234 e. The average molecular weight is 305 g/mol. The largest absolute Gasteiger partial charge is 0.325 e. The van der Waals surface area contributed by atoms with Gasteiger partial charge >= 0.3 is 0 Å². The zero-order valence-electron chi connectivity index (χ0n) is 13.9. The molecule has 0 aliphatic heterocycles. The van der Waals surface area contributed by atoms with Crippen LogP contribution in [0.5, 0.6) is 0 Å². The molecule has 2 aliphatic carbocycles. The number of carbonyl (C=O) groups excluding carboxylic acids is 1. The number of nitrogens with one attached hydrogen (secondary N) is 1. The van der Waals surface area contributed by atoms with Crippen LogP contribution in [-0.2, 0) is 4.79 Å². The standard InChI is InChI=1S/C21H23NO/c1-14-20(2,3)16-11-12-21(14,13-16)19(23)22-18-10-6-8-15-7-4-5-9-17(15)18/h4-10,16H,1,11-13H2,2-3H3,(H,22,23)/t16-,21+/m0/s1. The number of hydrogen-bond acceptors (Lipinski definition) is 1. The van der Waals surface area contributed by atoms with Crippen LogP contribution < -0.4 is 5.32 Å². The van der Waals surface area contributed by atoms with Gasteiger partial charge in [-0.3, -0.25) is 4.79 Å². The van der Waals surface area contributed by atoms with Crippen molar-refractivity contribution in [2.45, 2.75) is 33.1 Å². The number of amides is 1. The van der Waals surface area contributed by atoms with Crippen molar-refractivity contribution in [1.82, 2.24) is 0 Å². The molecule has 2 bridgehead atoms. The number of benzene rings is 2. The van der Waals surface area contributed by atoms with Crippen LogP contribution >= 0.6 is 0 Å². The third-order valence-electron chi connectivity index (χ3n) is 6.36. The average Bonchev–Trinajstić information content (AvgIpc) is 3.08. The van der Waals surface area contributed by atoms with Gasteiger partial charge in [0.25, 0.3) is 0 Å². The van der Waals surface area contributed by atoms with Crippen LogP contribution in [-0.4, -0.2) is 5.91 Å². The molecular formula is C21H23NO. The third kappa shape index (κ3) is 1.90. The second kappa shape index (κ2) is 4.70. The van der Waals surface area contributed by atoms with E-state index in [9.17, 15) is 4.79 Å². The molecule has 2 heteroatoms. The Labute approximate surface area is 137 Å². The monoisotopic (exact) mass is 305 g/mol. The van der Waals surface area contributed by atoms with Crippen molar-refractivity contribution in [2.75, 3.05) is 5.32 Å². The lowest BCUT2D eigenvalue weighted by atomic mass is 9.68. The van der Waals surface area contributed by atoms with E-state index in [4.69, 9.17) is 0 Å². The fourth-order valence-corrected chi connectivity index (χ4v) is 4.72. The zero-order chi connectivity index (χ0) is 16.2. The highest BCUT2D eigenvalue weighted by Gasteiger charge is 2.60. The van der Waals surface area contributed by atoms with E-state index in [2.05, 4.69) is 43.9 Å². The molecule has 23 heavy (non-hydrogen) atoms. The van der Waals surface area contributed by atoms with E-state index in [0.717, 1.165) is 41.3 Å². The topological polar surface area (TPSA) is 29.1 Å². The Kier molecular flexibility index (Phi) is 2.96. The molecule has 1 amide bonds. The molecule has 0 aromatic heterocycles. The fraction of sp³-hybridized carbons (Fsp3) is 0.381. The quantitative estimate of drug-likeness (QED) is 0.763. The Morgan fingerprint density at radius 3 is 2.65 bits per heavy atom. The number of anilines is 1. The first-order valence-electron chi connectivity index (χ1n) is 8.44. The van der Waals surface area contributed by atoms with Crippen molar-refractivity contribution in [3.05, 3.63) is 54.6 Å². The van der Waals surface area contributed by atoms with E-state index in [-0.39, 0.29) is 16.7 Å². The van der Waals surface area contributed by atoms with Gasteiger partial charge in [0.15, 0.2) is 0 Å². The molecule has 2 aromatic carbocycles. The minimum atomic E-state index is -0.370. The van der Waals surface area contributed by atoms with E-state index in [1.807, 2.05) is 24.3 Å². The molecule has 0 heterocycles. The second-order valence-electron chi connectivity index (χ2n) is 7.70. The summed E-state index contributed by atoms with van der Waals surface area (Å²) in [6.45, 7) is 8.81. The number of rotatable bonds is 2. The first-order valence-corrected chi connectivity index (χ1v) is 8.44. The Morgan fingerprint density at radius 1 is 1.17 bits per heavy atom. The highest BCUT2D eigenvalue weighted by molar-refractivity contribution is 6.05. The van der Waals surface area contributed by atoms with E-state index < -0.39 is 0 Å². The van der Waals surface area contributed by atoms with Gasteiger partial charge in [-0.25, -0.2) is 0 Å². The van der Waals surface area contributed by atoms with Crippen LogP contribution in [0.15, 0.2) is 54.6 Å². The van der Waals surface area contributed by atoms with E-state index in [0.29, 0.717) is 5.92 Å². The van der Waals surface area contributed by atoms with Crippen LogP contribution in [0.4, 0.5) is 5.69 Å². The molecule has 2 saturated carbocycles. The highest BCUT2D eigenvalue weighted by atomic mass is 16.2. The summed E-state index contributed by atoms with van der Waals surface area (Å²) in [6, 6.07) is 14.2. The lowest BCUT2D eigenvalue weighted by Gasteiger charge is -2.37. The summed E-state index contributed by atoms with van der Waals surface area (Å²) in [5.41, 5.74) is 1.74. The van der Waals surface area contributed by atoms with Crippen molar-refractivity contribution in [1.29, 1.82) is 0 Å². The fourth-order valence-electron chi connectivity index (χ4n) is 4.72. The highest BCUT2D eigenvalue weighted by Crippen LogP contribution is 2.65. The molecule has 2 fully saturated rings. The Hall–Kier alpha value is -2.09. The normalized spacial score (nSPS) is 28.3. The second-order valence-corrected chi connectivity index (χ2v) is 7.70. The molecule has 0 unspecified atom stereocenters. The SMILES string of the molecule is C=C1C(C)(C)[C@H]2CC[C@@]1(C(=O)Nc1cccc3ccccc13)C2. The smallest absolute Gasteiger partial charge is 0.234 e. The van der Waals surface area contributed by atoms with Crippen LogP contribution in [0, 0.1) is 16.7 Å². The third-order valence-corrected chi connectivity index (χ3v) is 6.36. The Morgan fingerprint density at radius 2 is 1.91 bits per heavy atom. The van der Waals surface area contributed by atoms with E-state index in [1.54, 1.807) is 0 Å². The molecule has 2 aliphatic rings. The molecule has 2 nitrogen and oxygen atoms in total. The van der Waals surface area contributed by atoms with Gasteiger partial charge in [-0.15, -0.1) is 0 Å². The predicted molar refractivity (Wildman–Crippen MR) is 95.3 cm³/mol. The first kappa shape index (κ1) is 14.5. The van der Waals surface area contributed by atoms with Crippen LogP contribution in [0.25, 0.3) is 10.8 Å². The molecule has 118 valence electrons. The van der Waals surface area contributed by atoms with Gasteiger partial charge in [0.1, 0.15) is 0 Å². The molecule has 4 rings (SSSR count). The van der Waals surface area contributed by atoms with Crippen molar-refractivity contribution in [2.24, 2.45) is 16.7 Å². The maximum atomic E-state index is 13.2. The van der Waals surface area contributed by atoms with Crippen LogP contribution in [0.3, 0.4) is 0 Å². The van der Waals surface area contributed by atoms with Crippen molar-refractivity contribution in [3.8, 4) is 0 Å². The lowest BCUT2D eigenvalue weighted by molar-refractivity contribution is -0.123. The summed E-state index contributed by atoms with van der Waals surface area (Å²) < 4.78 is 0. The van der Waals surface area contributed by atoms with Gasteiger partial charge in [-0.2, -0.15) is 0 Å². The van der Waals surface area contributed by atoms with Gasteiger partial charge in [-0.05, 0) is 42.0 Å². The number of hydrogen-bond donors (Lipinski definition) is 1. The molecule has 0 radical (unpaired) electrons. The van der Waals surface area contributed by atoms with Gasteiger partial charge in [0.2, 0.25) is 5.91 Å². The minimum Gasteiger partial charge on any atom is -0.325 e. The maximum absolute atomic E-state index is 13.2. The van der Waals surface area contributed by atoms with Gasteiger partial charge in [0, 0.05) is 11.1 Å². The van der Waals surface area contributed by atoms with Crippen LogP contribution in [0.2, 0.25) is 0 Å². The molecule has 2 atom stereocenters. The predicted octanol–water partition coefficient (Wildman–Crippen LogP) is 5.16. The van der Waals surface area contributed by atoms with E-state index >= 15 is 0 Å². The summed E-state index contributed by atoms with van der Waals surface area (Å²) in [7, 11) is 0. The zero-order valence-corrected chi connectivity index (χ0v) is 13.9. The Bertz CT molecular complexity index is 814. The molecule has 2 aromatic rings. The Balaban J connectivity index is 1.70. The summed E-state index contributed by atoms with van der Waals surface area (Å²) in [6.07, 6.45) is 3.03. The van der Waals surface area contributed by atoms with Crippen LogP contribution in [0.1, 0.15) is 33.1 Å². The van der Waals surface area contributed by atoms with Crippen molar-refractivity contribution in [3.63, 3.8) is 0 Å². The number of fused-ring (bicyclic) bond motifs is 3. The summed E-state index contributed by atoms with van der Waals surface area (Å²) in [5, 5.41) is 5.46. The summed E-state index contributed by atoms with van der Waals surface area (Å²) in [4.78, 5) is 13.2. The van der Waals surface area contributed by atoms with E-state index in [1.165, 1.54) is 0 Å². The molecule has 0 saturated heterocycles. The molecule has 1 N–H and O–H groups in total. The summed E-state index contributed by atoms with van der Waals surface area (Å²) >= 11 is 0. The van der Waals surface area contributed by atoms with Crippen molar-refractivity contribution >= 4 is 22.4 Å². The van der Waals surface area contributed by atoms with Crippen molar-refractivity contribution < 1.29 is 4.79 Å². The van der Waals surface area contributed by atoms with Gasteiger partial charge < -0.3 is 5.32 Å². The molecular weight excluding hydrogens is 282 g/mol. The van der Waals surface area contributed by atoms with Gasteiger partial charge in [-0.1, -0.05) is 62.4 Å². The summed E-state index contributed by atoms with van der Waals surface area (Å²) in [5.74, 6) is 0.722. The number of carbonyl (C=O) groups is 1. The molecule has 0 spiro atoms.